The first-order valence-electron chi connectivity index (χ1n) is 9.04. The molecule has 3 nitrogen and oxygen atoms in total. The molecule has 1 fully saturated rings. The van der Waals surface area contributed by atoms with Crippen LogP contribution in [0.1, 0.15) is 66.2 Å². The number of rotatable bonds is 3. The first-order chi connectivity index (χ1) is 10.7. The third-order valence-electron chi connectivity index (χ3n) is 6.89. The van der Waals surface area contributed by atoms with Crippen LogP contribution in [0.5, 0.6) is 0 Å². The summed E-state index contributed by atoms with van der Waals surface area (Å²) in [5.41, 5.74) is 2.91. The lowest BCUT2D eigenvalue weighted by Crippen LogP contribution is -2.43. The monoisotopic (exact) mass is 318 g/mol. The molecule has 1 saturated carbocycles. The van der Waals surface area contributed by atoms with Crippen LogP contribution in [-0.4, -0.2) is 17.4 Å². The Morgan fingerprint density at radius 1 is 1.30 bits per heavy atom. The molecule has 1 N–H and O–H groups in total. The van der Waals surface area contributed by atoms with E-state index in [1.54, 1.807) is 5.57 Å². The second-order valence-electron chi connectivity index (χ2n) is 8.64. The summed E-state index contributed by atoms with van der Waals surface area (Å²) in [5.74, 6) is 0.901. The highest BCUT2D eigenvalue weighted by atomic mass is 16.6. The van der Waals surface area contributed by atoms with Crippen LogP contribution >= 0.6 is 0 Å². The van der Waals surface area contributed by atoms with E-state index in [0.29, 0.717) is 17.3 Å². The van der Waals surface area contributed by atoms with Gasteiger partial charge in [-0.3, -0.25) is 0 Å². The minimum absolute atomic E-state index is 0.160. The molecule has 1 heterocycles. The Kier molecular flexibility index (Phi) is 4.20. The maximum Gasteiger partial charge on any atom is 0.333 e. The zero-order chi connectivity index (χ0) is 16.8. The maximum absolute atomic E-state index is 11.3. The lowest BCUT2D eigenvalue weighted by molar-refractivity contribution is -0.151. The molecule has 3 aliphatic rings. The molecular formula is C20H30O3. The fourth-order valence-electron chi connectivity index (χ4n) is 4.97. The van der Waals surface area contributed by atoms with Crippen molar-refractivity contribution in [2.24, 2.45) is 22.7 Å². The zero-order valence-electron chi connectivity index (χ0n) is 14.9. The summed E-state index contributed by atoms with van der Waals surface area (Å²) >= 11 is 0. The first-order valence-corrected chi connectivity index (χ1v) is 9.04. The Morgan fingerprint density at radius 2 is 2.04 bits per heavy atom. The summed E-state index contributed by atoms with van der Waals surface area (Å²) in [4.78, 5) is 11.3. The van der Waals surface area contributed by atoms with E-state index in [2.05, 4.69) is 33.8 Å². The van der Waals surface area contributed by atoms with Gasteiger partial charge in [0.1, 0.15) is 0 Å². The van der Waals surface area contributed by atoms with Crippen molar-refractivity contribution >= 4 is 5.97 Å². The van der Waals surface area contributed by atoms with Gasteiger partial charge in [0, 0.05) is 11.6 Å². The van der Waals surface area contributed by atoms with Crippen LogP contribution in [0, 0.1) is 22.7 Å². The van der Waals surface area contributed by atoms with Gasteiger partial charge in [-0.15, -0.1) is 0 Å². The Morgan fingerprint density at radius 3 is 2.70 bits per heavy atom. The highest BCUT2D eigenvalue weighted by molar-refractivity contribution is 5.85. The number of aliphatic hydroxyl groups excluding tert-OH is 1. The number of fused-ring (bicyclic) bond motifs is 1. The first kappa shape index (κ1) is 16.8. The summed E-state index contributed by atoms with van der Waals surface area (Å²) in [5, 5.41) is 9.83. The number of hydrogen-bond acceptors (Lipinski definition) is 3. The highest BCUT2D eigenvalue weighted by Crippen LogP contribution is 2.58. The minimum atomic E-state index is -1.03. The number of aliphatic hydroxyl groups is 1. The fourth-order valence-corrected chi connectivity index (χ4v) is 4.97. The molecule has 3 rings (SSSR count). The molecule has 0 amide bonds. The molecule has 0 aromatic rings. The van der Waals surface area contributed by atoms with Crippen LogP contribution in [-0.2, 0) is 9.53 Å². The van der Waals surface area contributed by atoms with Crippen LogP contribution in [0.15, 0.2) is 23.3 Å². The minimum Gasteiger partial charge on any atom is -0.429 e. The van der Waals surface area contributed by atoms with Crippen molar-refractivity contribution in [3.8, 4) is 0 Å². The van der Waals surface area contributed by atoms with Gasteiger partial charge in [-0.1, -0.05) is 39.3 Å². The Labute approximate surface area is 139 Å². The lowest BCUT2D eigenvalue weighted by atomic mass is 9.52. The van der Waals surface area contributed by atoms with Gasteiger partial charge >= 0.3 is 5.97 Å². The lowest BCUT2D eigenvalue weighted by Gasteiger charge is -2.53. The Hall–Kier alpha value is -1.09. The summed E-state index contributed by atoms with van der Waals surface area (Å²) in [7, 11) is 0. The van der Waals surface area contributed by atoms with Crippen molar-refractivity contribution in [3.63, 3.8) is 0 Å². The third kappa shape index (κ3) is 2.88. The van der Waals surface area contributed by atoms with E-state index in [1.165, 1.54) is 31.8 Å². The standard InChI is InChI=1S/C20H30O3/c1-13-7-8-15-16(6-5-10-19(15,2)3)20(13,4)11-9-14-12-17(21)23-18(14)22/h6,12-13,15,18,22H,5,7-11H2,1-4H3/t13-,15-,18-,20-/m0/s1. The molecule has 0 radical (unpaired) electrons. The number of carbonyl (C=O) groups excluding carboxylic acids is 1. The molecule has 1 aliphatic heterocycles. The second kappa shape index (κ2) is 5.77. The van der Waals surface area contributed by atoms with Gasteiger partial charge in [-0.2, -0.15) is 0 Å². The summed E-state index contributed by atoms with van der Waals surface area (Å²) in [6, 6.07) is 0. The predicted molar refractivity (Wildman–Crippen MR) is 90.5 cm³/mol. The van der Waals surface area contributed by atoms with Crippen molar-refractivity contribution < 1.29 is 14.6 Å². The molecule has 0 unspecified atom stereocenters. The van der Waals surface area contributed by atoms with Gasteiger partial charge in [0.05, 0.1) is 0 Å². The summed E-state index contributed by atoms with van der Waals surface area (Å²) in [6.07, 6.45) is 9.65. The van der Waals surface area contributed by atoms with Crippen molar-refractivity contribution in [1.82, 2.24) is 0 Å². The van der Waals surface area contributed by atoms with Crippen LogP contribution in [0.4, 0.5) is 0 Å². The second-order valence-corrected chi connectivity index (χ2v) is 8.64. The summed E-state index contributed by atoms with van der Waals surface area (Å²) < 4.78 is 4.82. The highest BCUT2D eigenvalue weighted by Gasteiger charge is 2.47. The number of allylic oxidation sites excluding steroid dienone is 2. The van der Waals surface area contributed by atoms with Crippen molar-refractivity contribution in [3.05, 3.63) is 23.3 Å². The summed E-state index contributed by atoms with van der Waals surface area (Å²) in [6.45, 7) is 9.58. The Bertz CT molecular complexity index is 557. The smallest absolute Gasteiger partial charge is 0.333 e. The van der Waals surface area contributed by atoms with Gasteiger partial charge in [-0.25, -0.2) is 4.79 Å². The average Bonchev–Trinajstić information content (AvgIpc) is 2.79. The van der Waals surface area contributed by atoms with Gasteiger partial charge in [0.2, 0.25) is 6.29 Å². The van der Waals surface area contributed by atoms with E-state index in [0.717, 1.165) is 18.4 Å². The fraction of sp³-hybridized carbons (Fsp3) is 0.750. The topological polar surface area (TPSA) is 46.5 Å². The van der Waals surface area contributed by atoms with Crippen molar-refractivity contribution in [2.75, 3.05) is 0 Å². The zero-order valence-corrected chi connectivity index (χ0v) is 14.9. The molecular weight excluding hydrogens is 288 g/mol. The molecule has 0 spiro atoms. The van der Waals surface area contributed by atoms with Gasteiger partial charge in [0.15, 0.2) is 0 Å². The van der Waals surface area contributed by atoms with E-state index < -0.39 is 12.3 Å². The van der Waals surface area contributed by atoms with E-state index in [1.807, 2.05) is 0 Å². The largest absolute Gasteiger partial charge is 0.429 e. The number of cyclic esters (lactones) is 1. The van der Waals surface area contributed by atoms with Crippen LogP contribution in [0.25, 0.3) is 0 Å². The maximum atomic E-state index is 11.3. The number of esters is 1. The van der Waals surface area contributed by atoms with Crippen molar-refractivity contribution in [2.45, 2.75) is 72.5 Å². The molecule has 23 heavy (non-hydrogen) atoms. The average molecular weight is 318 g/mol. The molecule has 3 heteroatoms. The molecule has 0 aromatic heterocycles. The predicted octanol–water partition coefficient (Wildman–Crippen LogP) is 4.37. The number of ether oxygens (including phenoxy) is 1. The third-order valence-corrected chi connectivity index (χ3v) is 6.89. The molecule has 0 aromatic carbocycles. The van der Waals surface area contributed by atoms with Crippen LogP contribution in [0.3, 0.4) is 0 Å². The van der Waals surface area contributed by atoms with E-state index in [4.69, 9.17) is 4.74 Å². The van der Waals surface area contributed by atoms with Crippen LogP contribution in [0.2, 0.25) is 0 Å². The molecule has 2 aliphatic carbocycles. The SMILES string of the molecule is C[C@H]1CC[C@H]2C(=CCCC2(C)C)[C@@]1(C)CCC1=CC(=O)O[C@@H]1O. The number of hydrogen-bond donors (Lipinski definition) is 1. The van der Waals surface area contributed by atoms with Gasteiger partial charge in [0.25, 0.3) is 0 Å². The quantitative estimate of drug-likeness (QED) is 0.621. The van der Waals surface area contributed by atoms with Gasteiger partial charge in [-0.05, 0) is 61.2 Å². The van der Waals surface area contributed by atoms with E-state index in [-0.39, 0.29) is 5.41 Å². The van der Waals surface area contributed by atoms with Gasteiger partial charge < -0.3 is 9.84 Å². The molecule has 0 bridgehead atoms. The molecule has 4 atom stereocenters. The van der Waals surface area contributed by atoms with Crippen LogP contribution < -0.4 is 0 Å². The normalized spacial score (nSPS) is 39.3. The van der Waals surface area contributed by atoms with E-state index in [9.17, 15) is 9.90 Å². The molecule has 128 valence electrons. The Balaban J connectivity index is 1.82. The van der Waals surface area contributed by atoms with Crippen molar-refractivity contribution in [1.29, 1.82) is 0 Å². The van der Waals surface area contributed by atoms with E-state index >= 15 is 0 Å². The number of carbonyl (C=O) groups is 1. The molecule has 0 saturated heterocycles.